The van der Waals surface area contributed by atoms with Gasteiger partial charge in [-0.3, -0.25) is 4.90 Å². The van der Waals surface area contributed by atoms with Gasteiger partial charge in [-0.15, -0.1) is 11.6 Å². The van der Waals surface area contributed by atoms with E-state index in [4.69, 9.17) is 16.3 Å². The van der Waals surface area contributed by atoms with Crippen LogP contribution in [0.3, 0.4) is 0 Å². The monoisotopic (exact) mass is 191 g/mol. The van der Waals surface area contributed by atoms with Gasteiger partial charge in [-0.2, -0.15) is 0 Å². The Morgan fingerprint density at radius 1 is 1.50 bits per heavy atom. The summed E-state index contributed by atoms with van der Waals surface area (Å²) in [7, 11) is 0. The van der Waals surface area contributed by atoms with E-state index in [1.807, 2.05) is 0 Å². The maximum Gasteiger partial charge on any atom is 0.123 e. The Balaban J connectivity index is 0.000000120. The van der Waals surface area contributed by atoms with Crippen LogP contribution in [0.2, 0.25) is 0 Å². The van der Waals surface area contributed by atoms with E-state index < -0.39 is 0 Å². The number of rotatable bonds is 3. The topological polar surface area (TPSA) is 12.2 Å². The number of fused-ring (bicyclic) bond motifs is 1. The molecule has 0 bridgehead atoms. The summed E-state index contributed by atoms with van der Waals surface area (Å²) in [5.74, 6) is 0.827. The fourth-order valence-electron chi connectivity index (χ4n) is 1.20. The Labute approximate surface area is 79.8 Å². The summed E-state index contributed by atoms with van der Waals surface area (Å²) in [6.45, 7) is 5.50. The van der Waals surface area contributed by atoms with Gasteiger partial charge in [0, 0.05) is 19.0 Å². The second-order valence-electron chi connectivity index (χ2n) is 3.22. The molecule has 2 unspecified atom stereocenters. The molecule has 2 aliphatic heterocycles. The third-order valence-corrected chi connectivity index (χ3v) is 2.36. The fraction of sp³-hybridized carbons (Fsp3) is 1.00. The van der Waals surface area contributed by atoms with Gasteiger partial charge >= 0.3 is 0 Å². The molecule has 0 saturated carbocycles. The van der Waals surface area contributed by atoms with E-state index in [0.29, 0.717) is 6.23 Å². The number of morpholine rings is 1. The highest BCUT2D eigenvalue weighted by atomic mass is 35.5. The number of alkyl halides is 1. The molecule has 2 saturated heterocycles. The van der Waals surface area contributed by atoms with Crippen LogP contribution in [0.25, 0.3) is 0 Å². The van der Waals surface area contributed by atoms with Crippen LogP contribution in [-0.4, -0.2) is 36.7 Å². The summed E-state index contributed by atoms with van der Waals surface area (Å²) < 4.78 is 5.15. The minimum Gasteiger partial charge on any atom is -0.360 e. The minimum absolute atomic E-state index is 0.546. The maximum absolute atomic E-state index is 5.38. The molecule has 0 amide bonds. The normalized spacial score (nSPS) is 30.5. The summed E-state index contributed by atoms with van der Waals surface area (Å²) in [4.78, 5) is 2.31. The highest BCUT2D eigenvalue weighted by Crippen LogP contribution is 2.22. The third-order valence-electron chi connectivity index (χ3n) is 2.09. The van der Waals surface area contributed by atoms with Crippen LogP contribution in [0.4, 0.5) is 0 Å². The Hall–Kier alpha value is 0.210. The van der Waals surface area contributed by atoms with Gasteiger partial charge in [0.2, 0.25) is 0 Å². The Kier molecular flexibility index (Phi) is 4.96. The van der Waals surface area contributed by atoms with Crippen molar-refractivity contribution in [2.24, 2.45) is 0 Å². The van der Waals surface area contributed by atoms with Crippen molar-refractivity contribution in [3.8, 4) is 0 Å². The predicted molar refractivity (Wildman–Crippen MR) is 51.6 cm³/mol. The maximum atomic E-state index is 5.38. The molecule has 2 heterocycles. The predicted octanol–water partition coefficient (Wildman–Crippen LogP) is 2.07. The van der Waals surface area contributed by atoms with Crippen molar-refractivity contribution in [1.82, 2.24) is 4.90 Å². The van der Waals surface area contributed by atoms with E-state index in [-0.39, 0.29) is 0 Å². The largest absolute Gasteiger partial charge is 0.360 e. The molecule has 0 aliphatic carbocycles. The van der Waals surface area contributed by atoms with Gasteiger partial charge in [-0.1, -0.05) is 19.8 Å². The van der Waals surface area contributed by atoms with E-state index in [0.717, 1.165) is 12.5 Å². The summed E-state index contributed by atoms with van der Waals surface area (Å²) >= 11 is 5.38. The van der Waals surface area contributed by atoms with Crippen LogP contribution in [0.5, 0.6) is 0 Å². The van der Waals surface area contributed by atoms with Crippen molar-refractivity contribution >= 4 is 11.6 Å². The van der Waals surface area contributed by atoms with Crippen molar-refractivity contribution in [3.05, 3.63) is 0 Å². The summed E-state index contributed by atoms with van der Waals surface area (Å²) in [5.41, 5.74) is 0. The second kappa shape index (κ2) is 5.79. The molecule has 2 atom stereocenters. The number of ether oxygens (including phenoxy) is 1. The van der Waals surface area contributed by atoms with Crippen molar-refractivity contribution in [3.63, 3.8) is 0 Å². The van der Waals surface area contributed by atoms with Gasteiger partial charge in [0.25, 0.3) is 0 Å². The SMILES string of the molecule is C1CN2CC2O1.CCCCCCl. The molecule has 72 valence electrons. The molecular weight excluding hydrogens is 174 g/mol. The Bertz CT molecular complexity index is 109. The molecular formula is C9H18ClNO. The Morgan fingerprint density at radius 2 is 2.33 bits per heavy atom. The lowest BCUT2D eigenvalue weighted by Gasteiger charge is -1.84. The number of hydrogen-bond acceptors (Lipinski definition) is 2. The summed E-state index contributed by atoms with van der Waals surface area (Å²) in [6.07, 6.45) is 4.28. The molecule has 0 aromatic heterocycles. The lowest BCUT2D eigenvalue weighted by molar-refractivity contribution is 0.159. The smallest absolute Gasteiger partial charge is 0.123 e. The van der Waals surface area contributed by atoms with Crippen LogP contribution in [0.1, 0.15) is 26.2 Å². The van der Waals surface area contributed by atoms with Crippen LogP contribution in [-0.2, 0) is 4.74 Å². The lowest BCUT2D eigenvalue weighted by Crippen LogP contribution is -1.96. The summed E-state index contributed by atoms with van der Waals surface area (Å²) in [5, 5.41) is 0. The first-order valence-corrected chi connectivity index (χ1v) is 5.33. The van der Waals surface area contributed by atoms with Crippen LogP contribution >= 0.6 is 11.6 Å². The van der Waals surface area contributed by atoms with Crippen molar-refractivity contribution in [1.29, 1.82) is 0 Å². The molecule has 2 nitrogen and oxygen atoms in total. The van der Waals surface area contributed by atoms with Crippen molar-refractivity contribution < 1.29 is 4.74 Å². The van der Waals surface area contributed by atoms with Gasteiger partial charge in [0.15, 0.2) is 0 Å². The van der Waals surface area contributed by atoms with Gasteiger partial charge in [-0.05, 0) is 6.42 Å². The van der Waals surface area contributed by atoms with Gasteiger partial charge in [0.1, 0.15) is 6.23 Å². The molecule has 0 radical (unpaired) electrons. The molecule has 0 aromatic rings. The van der Waals surface area contributed by atoms with Crippen molar-refractivity contribution in [2.75, 3.05) is 25.6 Å². The molecule has 2 rings (SSSR count). The fourth-order valence-corrected chi connectivity index (χ4v) is 1.39. The number of hydrogen-bond donors (Lipinski definition) is 0. The quantitative estimate of drug-likeness (QED) is 0.385. The highest BCUT2D eigenvalue weighted by Gasteiger charge is 2.39. The molecule has 0 aromatic carbocycles. The summed E-state index contributed by atoms with van der Waals surface area (Å²) in [6, 6.07) is 0. The van der Waals surface area contributed by atoms with Gasteiger partial charge < -0.3 is 4.74 Å². The average molecular weight is 192 g/mol. The van der Waals surface area contributed by atoms with Crippen molar-refractivity contribution in [2.45, 2.75) is 32.4 Å². The molecule has 0 spiro atoms. The van der Waals surface area contributed by atoms with E-state index >= 15 is 0 Å². The first-order valence-electron chi connectivity index (χ1n) is 4.80. The number of nitrogens with zero attached hydrogens (tertiary/aromatic N) is 1. The number of unbranched alkanes of at least 4 members (excludes halogenated alkanes) is 2. The average Bonchev–Trinajstić information content (AvgIpc) is 2.72. The van der Waals surface area contributed by atoms with E-state index in [1.54, 1.807) is 0 Å². The van der Waals surface area contributed by atoms with Gasteiger partial charge in [0.05, 0.1) is 6.61 Å². The van der Waals surface area contributed by atoms with E-state index in [1.165, 1.54) is 32.4 Å². The zero-order valence-electron chi connectivity index (χ0n) is 7.76. The van der Waals surface area contributed by atoms with Crippen LogP contribution in [0, 0.1) is 0 Å². The highest BCUT2D eigenvalue weighted by molar-refractivity contribution is 6.17. The molecule has 2 aliphatic rings. The zero-order valence-corrected chi connectivity index (χ0v) is 8.52. The lowest BCUT2D eigenvalue weighted by atomic mass is 10.3. The number of halogens is 1. The minimum atomic E-state index is 0.546. The molecule has 2 fully saturated rings. The van der Waals surface area contributed by atoms with Gasteiger partial charge in [-0.25, -0.2) is 0 Å². The zero-order chi connectivity index (χ0) is 8.81. The Morgan fingerprint density at radius 3 is 2.50 bits per heavy atom. The first kappa shape index (κ1) is 10.3. The van der Waals surface area contributed by atoms with E-state index in [2.05, 4.69) is 11.8 Å². The van der Waals surface area contributed by atoms with E-state index in [9.17, 15) is 0 Å². The van der Waals surface area contributed by atoms with Crippen LogP contribution < -0.4 is 0 Å². The van der Waals surface area contributed by atoms with Crippen LogP contribution in [0.15, 0.2) is 0 Å². The second-order valence-corrected chi connectivity index (χ2v) is 3.59. The standard InChI is InChI=1S/C5H11Cl.C4H7NO/c1-2-3-4-5-6;1-2-6-4-3-5(1)4/h2-5H2,1H3;4H,1-3H2. The third kappa shape index (κ3) is 3.74. The molecule has 3 heteroatoms. The molecule has 0 N–H and O–H groups in total. The molecule has 12 heavy (non-hydrogen) atoms. The first-order chi connectivity index (χ1) is 5.88.